The Morgan fingerprint density at radius 1 is 1.32 bits per heavy atom. The summed E-state index contributed by atoms with van der Waals surface area (Å²) in [6.45, 7) is 1.34. The Kier molecular flexibility index (Phi) is 4.58. The highest BCUT2D eigenvalue weighted by Gasteiger charge is 2.19. The lowest BCUT2D eigenvalue weighted by molar-refractivity contribution is 0.254. The molecule has 1 aliphatic rings. The van der Waals surface area contributed by atoms with Crippen LogP contribution in [0, 0.1) is 11.6 Å². The predicted molar refractivity (Wildman–Crippen MR) is 74.1 cm³/mol. The van der Waals surface area contributed by atoms with Gasteiger partial charge >= 0.3 is 0 Å². The zero-order valence-electron chi connectivity index (χ0n) is 11.3. The maximum absolute atomic E-state index is 13.6. The van der Waals surface area contributed by atoms with Gasteiger partial charge in [0.05, 0.1) is 11.4 Å². The monoisotopic (exact) mass is 269 g/mol. The molecular weight excluding hydrogens is 248 g/mol. The second-order valence-corrected chi connectivity index (χ2v) is 5.17. The van der Waals surface area contributed by atoms with E-state index in [2.05, 4.69) is 17.3 Å². The smallest absolute Gasteiger partial charge is 0.183 e. The minimum absolute atomic E-state index is 0.0693. The Labute approximate surface area is 112 Å². The molecule has 0 radical (unpaired) electrons. The standard InChI is InChI=1S/C14H21F2N3/c1-19(10-4-2-3-5-10)9-8-18-14-12(17)7-6-11(15)13(14)16/h6-7,10,18H,2-5,8-9,17H2,1H3. The number of halogens is 2. The van der Waals surface area contributed by atoms with Gasteiger partial charge in [-0.05, 0) is 32.0 Å². The van der Waals surface area contributed by atoms with E-state index in [0.717, 1.165) is 12.6 Å². The normalized spacial score (nSPS) is 16.2. The third-order valence-electron chi connectivity index (χ3n) is 3.84. The number of rotatable bonds is 5. The van der Waals surface area contributed by atoms with Gasteiger partial charge in [-0.15, -0.1) is 0 Å². The number of hydrogen-bond donors (Lipinski definition) is 2. The van der Waals surface area contributed by atoms with E-state index in [1.54, 1.807) is 0 Å². The number of likely N-dealkylation sites (N-methyl/N-ethyl adjacent to an activating group) is 1. The lowest BCUT2D eigenvalue weighted by Gasteiger charge is -2.24. The van der Waals surface area contributed by atoms with Gasteiger partial charge in [0.1, 0.15) is 0 Å². The quantitative estimate of drug-likeness (QED) is 0.808. The van der Waals surface area contributed by atoms with Crippen LogP contribution in [-0.2, 0) is 0 Å². The minimum atomic E-state index is -0.900. The molecule has 3 N–H and O–H groups in total. The van der Waals surface area contributed by atoms with Gasteiger partial charge in [0, 0.05) is 19.1 Å². The van der Waals surface area contributed by atoms with E-state index >= 15 is 0 Å². The maximum Gasteiger partial charge on any atom is 0.183 e. The topological polar surface area (TPSA) is 41.3 Å². The Morgan fingerprint density at radius 2 is 2.00 bits per heavy atom. The van der Waals surface area contributed by atoms with Crippen LogP contribution in [0.4, 0.5) is 20.2 Å². The third kappa shape index (κ3) is 3.35. The van der Waals surface area contributed by atoms with Crippen molar-refractivity contribution >= 4 is 11.4 Å². The van der Waals surface area contributed by atoms with Crippen molar-refractivity contribution in [2.45, 2.75) is 31.7 Å². The molecule has 0 atom stereocenters. The van der Waals surface area contributed by atoms with Gasteiger partial charge < -0.3 is 16.0 Å². The van der Waals surface area contributed by atoms with Crippen LogP contribution in [-0.4, -0.2) is 31.1 Å². The summed E-state index contributed by atoms with van der Waals surface area (Å²) in [6.07, 6.45) is 5.03. The Hall–Kier alpha value is -1.36. The van der Waals surface area contributed by atoms with Crippen molar-refractivity contribution in [3.8, 4) is 0 Å². The number of nitrogens with two attached hydrogens (primary N) is 1. The Balaban J connectivity index is 1.87. The maximum atomic E-state index is 13.6. The van der Waals surface area contributed by atoms with Gasteiger partial charge in [-0.2, -0.15) is 0 Å². The van der Waals surface area contributed by atoms with E-state index in [1.807, 2.05) is 0 Å². The molecule has 0 bridgehead atoms. The van der Waals surface area contributed by atoms with Gasteiger partial charge in [0.25, 0.3) is 0 Å². The number of nitrogens with one attached hydrogen (secondary N) is 1. The fourth-order valence-electron chi connectivity index (χ4n) is 2.63. The highest BCUT2D eigenvalue weighted by molar-refractivity contribution is 5.66. The van der Waals surface area contributed by atoms with Crippen molar-refractivity contribution in [2.75, 3.05) is 31.2 Å². The minimum Gasteiger partial charge on any atom is -0.397 e. The largest absolute Gasteiger partial charge is 0.397 e. The fraction of sp³-hybridized carbons (Fsp3) is 0.571. The molecule has 2 rings (SSSR count). The molecule has 1 fully saturated rings. The lowest BCUT2D eigenvalue weighted by Crippen LogP contribution is -2.33. The van der Waals surface area contributed by atoms with Crippen LogP contribution < -0.4 is 11.1 Å². The van der Waals surface area contributed by atoms with Crippen molar-refractivity contribution in [3.05, 3.63) is 23.8 Å². The Bertz CT molecular complexity index is 431. The van der Waals surface area contributed by atoms with Crippen LogP contribution in [0.2, 0.25) is 0 Å². The number of anilines is 2. The van der Waals surface area contributed by atoms with Crippen molar-refractivity contribution < 1.29 is 8.78 Å². The molecular formula is C14H21F2N3. The van der Waals surface area contributed by atoms with Gasteiger partial charge in [-0.1, -0.05) is 12.8 Å². The average molecular weight is 269 g/mol. The fourth-order valence-corrected chi connectivity index (χ4v) is 2.63. The number of nitrogen functional groups attached to an aromatic ring is 1. The molecule has 0 unspecified atom stereocenters. The molecule has 0 heterocycles. The van der Waals surface area contributed by atoms with Gasteiger partial charge in [-0.25, -0.2) is 8.78 Å². The molecule has 1 aliphatic carbocycles. The number of nitrogens with zero attached hydrogens (tertiary/aromatic N) is 1. The molecule has 0 aliphatic heterocycles. The molecule has 0 amide bonds. The van der Waals surface area contributed by atoms with Crippen LogP contribution in [0.1, 0.15) is 25.7 Å². The first kappa shape index (κ1) is 14.1. The SMILES string of the molecule is CN(CCNc1c(N)ccc(F)c1F)C1CCCC1. The van der Waals surface area contributed by atoms with E-state index in [1.165, 1.54) is 31.7 Å². The highest BCUT2D eigenvalue weighted by Crippen LogP contribution is 2.25. The predicted octanol–water partition coefficient (Wildman–Crippen LogP) is 2.83. The first-order valence-corrected chi connectivity index (χ1v) is 6.77. The van der Waals surface area contributed by atoms with Crippen LogP contribution >= 0.6 is 0 Å². The van der Waals surface area contributed by atoms with Crippen LogP contribution in [0.25, 0.3) is 0 Å². The van der Waals surface area contributed by atoms with Crippen molar-refractivity contribution in [1.82, 2.24) is 4.90 Å². The summed E-state index contributed by atoms with van der Waals surface area (Å²) < 4.78 is 26.7. The van der Waals surface area contributed by atoms with E-state index in [-0.39, 0.29) is 11.4 Å². The summed E-state index contributed by atoms with van der Waals surface area (Å²) in [5.41, 5.74) is 5.95. The van der Waals surface area contributed by atoms with Gasteiger partial charge in [0.2, 0.25) is 0 Å². The average Bonchev–Trinajstić information content (AvgIpc) is 2.92. The second-order valence-electron chi connectivity index (χ2n) is 5.17. The second kappa shape index (κ2) is 6.19. The molecule has 0 aromatic heterocycles. The van der Waals surface area contributed by atoms with Crippen LogP contribution in [0.3, 0.4) is 0 Å². The summed E-state index contributed by atoms with van der Waals surface area (Å²) in [7, 11) is 2.07. The van der Waals surface area contributed by atoms with Crippen molar-refractivity contribution in [1.29, 1.82) is 0 Å². The first-order chi connectivity index (χ1) is 9.09. The zero-order chi connectivity index (χ0) is 13.8. The van der Waals surface area contributed by atoms with E-state index in [4.69, 9.17) is 5.73 Å². The highest BCUT2D eigenvalue weighted by atomic mass is 19.2. The molecule has 1 aromatic carbocycles. The molecule has 106 valence electrons. The summed E-state index contributed by atoms with van der Waals surface area (Å²) in [5.74, 6) is -1.77. The van der Waals surface area contributed by atoms with Gasteiger partial charge in [-0.3, -0.25) is 0 Å². The molecule has 19 heavy (non-hydrogen) atoms. The van der Waals surface area contributed by atoms with E-state index in [0.29, 0.717) is 12.6 Å². The van der Waals surface area contributed by atoms with E-state index in [9.17, 15) is 8.78 Å². The summed E-state index contributed by atoms with van der Waals surface area (Å²) >= 11 is 0. The van der Waals surface area contributed by atoms with Crippen LogP contribution in [0.15, 0.2) is 12.1 Å². The molecule has 3 nitrogen and oxygen atoms in total. The lowest BCUT2D eigenvalue weighted by atomic mass is 10.2. The number of benzene rings is 1. The molecule has 5 heteroatoms. The molecule has 0 spiro atoms. The summed E-state index contributed by atoms with van der Waals surface area (Å²) in [5, 5.41) is 2.89. The number of hydrogen-bond acceptors (Lipinski definition) is 3. The zero-order valence-corrected chi connectivity index (χ0v) is 11.3. The summed E-state index contributed by atoms with van der Waals surface area (Å²) in [4.78, 5) is 2.27. The van der Waals surface area contributed by atoms with Crippen LogP contribution in [0.5, 0.6) is 0 Å². The van der Waals surface area contributed by atoms with Crippen molar-refractivity contribution in [2.24, 2.45) is 0 Å². The Morgan fingerprint density at radius 3 is 2.68 bits per heavy atom. The molecule has 1 saturated carbocycles. The third-order valence-corrected chi connectivity index (χ3v) is 3.84. The molecule has 1 aromatic rings. The van der Waals surface area contributed by atoms with E-state index < -0.39 is 11.6 Å². The summed E-state index contributed by atoms with van der Waals surface area (Å²) in [6, 6.07) is 3.04. The van der Waals surface area contributed by atoms with Gasteiger partial charge in [0.15, 0.2) is 11.6 Å². The molecule has 0 saturated heterocycles. The van der Waals surface area contributed by atoms with Crippen molar-refractivity contribution in [3.63, 3.8) is 0 Å². The first-order valence-electron chi connectivity index (χ1n) is 6.77.